The van der Waals surface area contributed by atoms with Crippen LogP contribution in [0.2, 0.25) is 0 Å². The van der Waals surface area contributed by atoms with Crippen LogP contribution in [0.3, 0.4) is 0 Å². The van der Waals surface area contributed by atoms with E-state index in [1.807, 2.05) is 5.43 Å². The van der Waals surface area contributed by atoms with Crippen LogP contribution in [0.5, 0.6) is 0 Å². The van der Waals surface area contributed by atoms with Gasteiger partial charge in [-0.3, -0.25) is 4.79 Å². The monoisotopic (exact) mass is 328 g/mol. The summed E-state index contributed by atoms with van der Waals surface area (Å²) in [5.41, 5.74) is 0.555. The maximum atomic E-state index is 13.3. The second-order valence-electron chi connectivity index (χ2n) is 4.41. The zero-order valence-electron chi connectivity index (χ0n) is 11.4. The third-order valence-electron chi connectivity index (χ3n) is 2.83. The summed E-state index contributed by atoms with van der Waals surface area (Å²) >= 11 is 0. The topological polar surface area (TPSA) is 41.5 Å². The van der Waals surface area contributed by atoms with Crippen LogP contribution < -0.4 is 5.43 Å². The summed E-state index contributed by atoms with van der Waals surface area (Å²) in [7, 11) is 0. The van der Waals surface area contributed by atoms with Gasteiger partial charge in [-0.25, -0.2) is 14.2 Å². The molecule has 0 radical (unpaired) electrons. The highest BCUT2D eigenvalue weighted by Gasteiger charge is 2.30. The normalized spacial score (nSPS) is 11.7. The van der Waals surface area contributed by atoms with E-state index < -0.39 is 34.8 Å². The number of carbonyl (C=O) groups excluding carboxylic acids is 1. The van der Waals surface area contributed by atoms with E-state index in [1.165, 1.54) is 6.07 Å². The maximum absolute atomic E-state index is 13.3. The molecule has 0 bridgehead atoms. The van der Waals surface area contributed by atoms with Crippen LogP contribution in [-0.2, 0) is 6.18 Å². The Morgan fingerprint density at radius 2 is 1.57 bits per heavy atom. The van der Waals surface area contributed by atoms with Crippen molar-refractivity contribution in [2.24, 2.45) is 5.10 Å². The highest BCUT2D eigenvalue weighted by atomic mass is 19.4. The smallest absolute Gasteiger partial charge is 0.267 e. The molecule has 0 fully saturated rings. The van der Waals surface area contributed by atoms with Gasteiger partial charge < -0.3 is 0 Å². The van der Waals surface area contributed by atoms with E-state index in [4.69, 9.17) is 0 Å². The van der Waals surface area contributed by atoms with Gasteiger partial charge in [-0.2, -0.15) is 18.3 Å². The number of carbonyl (C=O) groups is 1. The summed E-state index contributed by atoms with van der Waals surface area (Å²) in [5, 5.41) is 3.38. The molecule has 1 amide bonds. The Bertz CT molecular complexity index is 718. The van der Waals surface area contributed by atoms with Gasteiger partial charge in [0.25, 0.3) is 5.91 Å². The summed E-state index contributed by atoms with van der Waals surface area (Å²) in [5.74, 6) is -2.54. The van der Waals surface area contributed by atoms with Crippen molar-refractivity contribution in [1.82, 2.24) is 5.43 Å². The van der Waals surface area contributed by atoms with Gasteiger partial charge in [-0.15, -0.1) is 0 Å². The maximum Gasteiger partial charge on any atom is 0.416 e. The van der Waals surface area contributed by atoms with Gasteiger partial charge in [0.05, 0.1) is 17.3 Å². The Balaban J connectivity index is 2.06. The molecule has 0 aliphatic rings. The molecule has 0 aliphatic carbocycles. The number of rotatable bonds is 3. The Morgan fingerprint density at radius 3 is 2.09 bits per heavy atom. The van der Waals surface area contributed by atoms with E-state index in [9.17, 15) is 26.7 Å². The van der Waals surface area contributed by atoms with Crippen molar-refractivity contribution in [3.05, 3.63) is 70.8 Å². The molecule has 3 nitrogen and oxygen atoms in total. The number of amides is 1. The van der Waals surface area contributed by atoms with Crippen molar-refractivity contribution in [1.29, 1.82) is 0 Å². The number of benzene rings is 2. The molecule has 0 atom stereocenters. The lowest BCUT2D eigenvalue weighted by Crippen LogP contribution is -2.18. The first-order valence-corrected chi connectivity index (χ1v) is 6.23. The molecule has 1 N–H and O–H groups in total. The fourth-order valence-electron chi connectivity index (χ4n) is 1.66. The first kappa shape index (κ1) is 16.6. The lowest BCUT2D eigenvalue weighted by Gasteiger charge is -2.06. The minimum atomic E-state index is -4.50. The number of hydrogen-bond donors (Lipinski definition) is 1. The molecular weight excluding hydrogens is 319 g/mol. The van der Waals surface area contributed by atoms with Crippen molar-refractivity contribution < 1.29 is 26.7 Å². The predicted octanol–water partition coefficient (Wildman–Crippen LogP) is 3.75. The van der Waals surface area contributed by atoms with Crippen LogP contribution in [0.1, 0.15) is 21.5 Å². The van der Waals surface area contributed by atoms with Gasteiger partial charge in [-0.1, -0.05) is 6.07 Å². The largest absolute Gasteiger partial charge is 0.416 e. The summed E-state index contributed by atoms with van der Waals surface area (Å²) in [6, 6.07) is 6.63. The van der Waals surface area contributed by atoms with Crippen molar-refractivity contribution in [3.63, 3.8) is 0 Å². The highest BCUT2D eigenvalue weighted by Crippen LogP contribution is 2.29. The van der Waals surface area contributed by atoms with E-state index in [1.54, 1.807) is 0 Å². The van der Waals surface area contributed by atoms with Gasteiger partial charge in [0.2, 0.25) is 0 Å². The van der Waals surface area contributed by atoms with Crippen LogP contribution in [-0.4, -0.2) is 12.1 Å². The predicted molar refractivity (Wildman–Crippen MR) is 72.9 cm³/mol. The number of hydrazone groups is 1. The number of alkyl halides is 3. The van der Waals surface area contributed by atoms with Gasteiger partial charge in [0, 0.05) is 5.56 Å². The van der Waals surface area contributed by atoms with Crippen LogP contribution >= 0.6 is 0 Å². The molecule has 8 heteroatoms. The molecule has 0 spiro atoms. The average molecular weight is 328 g/mol. The first-order valence-electron chi connectivity index (χ1n) is 6.23. The average Bonchev–Trinajstić information content (AvgIpc) is 2.49. The number of nitrogens with one attached hydrogen (secondary N) is 1. The minimum absolute atomic E-state index is 0.0795. The Morgan fingerprint density at radius 1 is 1.00 bits per heavy atom. The third kappa shape index (κ3) is 4.12. The number of halogens is 5. The van der Waals surface area contributed by atoms with Crippen molar-refractivity contribution in [2.75, 3.05) is 0 Å². The highest BCUT2D eigenvalue weighted by molar-refractivity contribution is 5.94. The Labute approximate surface area is 127 Å². The SMILES string of the molecule is O=C(NN=Cc1c(F)cccc1F)c1ccc(C(F)(F)F)cc1. The third-order valence-corrected chi connectivity index (χ3v) is 2.83. The molecular formula is C15H9F5N2O. The molecule has 0 saturated heterocycles. The van der Waals surface area contributed by atoms with E-state index in [0.717, 1.165) is 42.6 Å². The van der Waals surface area contributed by atoms with Gasteiger partial charge in [0.1, 0.15) is 11.6 Å². The van der Waals surface area contributed by atoms with Gasteiger partial charge in [-0.05, 0) is 36.4 Å². The fraction of sp³-hybridized carbons (Fsp3) is 0.0667. The van der Waals surface area contributed by atoms with Crippen LogP contribution in [0.4, 0.5) is 22.0 Å². The second-order valence-corrected chi connectivity index (χ2v) is 4.41. The van der Waals surface area contributed by atoms with Gasteiger partial charge in [0.15, 0.2) is 0 Å². The van der Waals surface area contributed by atoms with Crippen molar-refractivity contribution in [2.45, 2.75) is 6.18 Å². The molecule has 0 aromatic heterocycles. The number of hydrogen-bond acceptors (Lipinski definition) is 2. The first-order chi connectivity index (χ1) is 10.8. The second kappa shape index (κ2) is 6.55. The molecule has 0 heterocycles. The lowest BCUT2D eigenvalue weighted by molar-refractivity contribution is -0.137. The number of nitrogens with zero attached hydrogens (tertiary/aromatic N) is 1. The standard InChI is InChI=1S/C15H9F5N2O/c16-12-2-1-3-13(17)11(12)8-21-22-14(23)9-4-6-10(7-5-9)15(18,19)20/h1-8H,(H,22,23). The van der Waals surface area contributed by atoms with Crippen molar-refractivity contribution in [3.8, 4) is 0 Å². The molecule has 2 rings (SSSR count). The fourth-order valence-corrected chi connectivity index (χ4v) is 1.66. The Kier molecular flexibility index (Phi) is 4.73. The van der Waals surface area contributed by atoms with E-state index >= 15 is 0 Å². The molecule has 2 aromatic carbocycles. The molecule has 23 heavy (non-hydrogen) atoms. The molecule has 2 aromatic rings. The van der Waals surface area contributed by atoms with Crippen molar-refractivity contribution >= 4 is 12.1 Å². The summed E-state index contributed by atoms with van der Waals surface area (Å²) in [4.78, 5) is 11.7. The molecule has 0 unspecified atom stereocenters. The van der Waals surface area contributed by atoms with E-state index in [2.05, 4.69) is 5.10 Å². The Hall–Kier alpha value is -2.77. The lowest BCUT2D eigenvalue weighted by atomic mass is 10.1. The van der Waals surface area contributed by atoms with Crippen LogP contribution in [0.25, 0.3) is 0 Å². The zero-order valence-corrected chi connectivity index (χ0v) is 11.4. The quantitative estimate of drug-likeness (QED) is 0.520. The summed E-state index contributed by atoms with van der Waals surface area (Å²) in [6.07, 6.45) is -3.73. The summed E-state index contributed by atoms with van der Waals surface area (Å²) < 4.78 is 63.8. The zero-order chi connectivity index (χ0) is 17.0. The summed E-state index contributed by atoms with van der Waals surface area (Å²) in [6.45, 7) is 0. The van der Waals surface area contributed by atoms with Crippen LogP contribution in [0, 0.1) is 11.6 Å². The minimum Gasteiger partial charge on any atom is -0.267 e. The molecule has 0 saturated carbocycles. The van der Waals surface area contributed by atoms with Gasteiger partial charge >= 0.3 is 6.18 Å². The van der Waals surface area contributed by atoms with E-state index in [0.29, 0.717) is 0 Å². The van der Waals surface area contributed by atoms with Crippen LogP contribution in [0.15, 0.2) is 47.6 Å². The molecule has 0 aliphatic heterocycles. The van der Waals surface area contributed by atoms with E-state index in [-0.39, 0.29) is 5.56 Å². The molecule has 120 valence electrons.